The van der Waals surface area contributed by atoms with E-state index in [9.17, 15) is 9.59 Å². The molecule has 1 aliphatic heterocycles. The van der Waals surface area contributed by atoms with Crippen LogP contribution >= 0.6 is 0 Å². The third kappa shape index (κ3) is 2.60. The van der Waals surface area contributed by atoms with Crippen LogP contribution in [0.4, 0.5) is 11.5 Å². The molecule has 2 aromatic rings. The molecule has 0 spiro atoms. The number of fused-ring (bicyclic) bond motifs is 1. The average molecular weight is 325 g/mol. The van der Waals surface area contributed by atoms with Gasteiger partial charge in [-0.2, -0.15) is 0 Å². The molecule has 2 amide bonds. The number of ether oxygens (including phenoxy) is 1. The Hall–Kier alpha value is -2.89. The number of anilines is 2. The van der Waals surface area contributed by atoms with Crippen molar-refractivity contribution in [2.75, 3.05) is 16.8 Å². The van der Waals surface area contributed by atoms with Gasteiger partial charge in [-0.05, 0) is 45.0 Å². The van der Waals surface area contributed by atoms with Crippen LogP contribution in [-0.2, 0) is 9.59 Å². The number of likely N-dealkylation sites (N-methyl/N-ethyl adjacent to an activating group) is 1. The van der Waals surface area contributed by atoms with Crippen molar-refractivity contribution in [3.8, 4) is 5.75 Å². The molecule has 0 unspecified atom stereocenters. The number of aryl methyl sites for hydroxylation is 1. The van der Waals surface area contributed by atoms with E-state index in [4.69, 9.17) is 4.74 Å². The van der Waals surface area contributed by atoms with Crippen molar-refractivity contribution in [2.24, 2.45) is 0 Å². The Morgan fingerprint density at radius 2 is 2.00 bits per heavy atom. The minimum atomic E-state index is -1.64. The van der Waals surface area contributed by atoms with Crippen LogP contribution in [0.3, 0.4) is 0 Å². The maximum Gasteiger partial charge on any atom is 0.282 e. The molecule has 2 heterocycles. The molecule has 0 radical (unpaired) electrons. The van der Waals surface area contributed by atoms with Gasteiger partial charge in [-0.15, -0.1) is 0 Å². The number of aromatic nitrogens is 1. The van der Waals surface area contributed by atoms with Gasteiger partial charge in [0.2, 0.25) is 0 Å². The summed E-state index contributed by atoms with van der Waals surface area (Å²) in [6.07, 6.45) is 1.59. The van der Waals surface area contributed by atoms with Crippen LogP contribution in [0.1, 0.15) is 19.4 Å². The summed E-state index contributed by atoms with van der Waals surface area (Å²) in [5, 5.41) is 2.75. The second-order valence-electron chi connectivity index (χ2n) is 5.83. The van der Waals surface area contributed by atoms with E-state index >= 15 is 0 Å². The van der Waals surface area contributed by atoms with Gasteiger partial charge in [0.1, 0.15) is 0 Å². The summed E-state index contributed by atoms with van der Waals surface area (Å²) in [4.78, 5) is 31.2. The van der Waals surface area contributed by atoms with E-state index in [2.05, 4.69) is 10.3 Å². The van der Waals surface area contributed by atoms with Gasteiger partial charge in [0.25, 0.3) is 17.4 Å². The first-order valence-corrected chi connectivity index (χ1v) is 7.80. The van der Waals surface area contributed by atoms with Gasteiger partial charge in [-0.3, -0.25) is 14.5 Å². The molecule has 0 aliphatic carbocycles. The van der Waals surface area contributed by atoms with E-state index in [-0.39, 0.29) is 0 Å². The van der Waals surface area contributed by atoms with Crippen molar-refractivity contribution in [1.82, 2.24) is 4.98 Å². The first kappa shape index (κ1) is 16.0. The van der Waals surface area contributed by atoms with Gasteiger partial charge < -0.3 is 10.1 Å². The highest BCUT2D eigenvalue weighted by Crippen LogP contribution is 2.36. The van der Waals surface area contributed by atoms with Crippen molar-refractivity contribution in [3.05, 3.63) is 48.2 Å². The summed E-state index contributed by atoms with van der Waals surface area (Å²) in [6, 6.07) is 10.8. The lowest BCUT2D eigenvalue weighted by molar-refractivity contribution is -0.145. The summed E-state index contributed by atoms with van der Waals surface area (Å²) >= 11 is 0. The molecule has 1 N–H and O–H groups in total. The van der Waals surface area contributed by atoms with Gasteiger partial charge in [-0.1, -0.05) is 17.7 Å². The number of benzene rings is 1. The standard InChI is InChI=1S/C18H19N3O3/c1-4-21-15-14(6-5-11-19-15)24-18(3,17(21)23)16(22)20-13-9-7-12(2)8-10-13/h5-11H,4H2,1-3H3,(H,20,22)/t18-/m1/s1. The lowest BCUT2D eigenvalue weighted by Gasteiger charge is -2.38. The average Bonchev–Trinajstić information content (AvgIpc) is 2.58. The number of hydrogen-bond acceptors (Lipinski definition) is 4. The van der Waals surface area contributed by atoms with Crippen LogP contribution < -0.4 is 15.0 Å². The molecular weight excluding hydrogens is 306 g/mol. The predicted molar refractivity (Wildman–Crippen MR) is 91.1 cm³/mol. The van der Waals surface area contributed by atoms with Crippen molar-refractivity contribution in [3.63, 3.8) is 0 Å². The molecule has 0 saturated heterocycles. The largest absolute Gasteiger partial charge is 0.464 e. The Balaban J connectivity index is 1.92. The number of nitrogens with one attached hydrogen (secondary N) is 1. The molecule has 0 saturated carbocycles. The molecule has 124 valence electrons. The Labute approximate surface area is 140 Å². The van der Waals surface area contributed by atoms with Crippen molar-refractivity contribution < 1.29 is 14.3 Å². The van der Waals surface area contributed by atoms with Crippen molar-refractivity contribution in [2.45, 2.75) is 26.4 Å². The van der Waals surface area contributed by atoms with Gasteiger partial charge in [0, 0.05) is 18.4 Å². The zero-order valence-electron chi connectivity index (χ0n) is 13.9. The second-order valence-corrected chi connectivity index (χ2v) is 5.83. The Morgan fingerprint density at radius 1 is 1.29 bits per heavy atom. The molecule has 1 aromatic heterocycles. The molecule has 6 heteroatoms. The van der Waals surface area contributed by atoms with E-state index in [0.717, 1.165) is 5.56 Å². The summed E-state index contributed by atoms with van der Waals surface area (Å²) < 4.78 is 5.76. The molecule has 3 rings (SSSR count). The van der Waals surface area contributed by atoms with Crippen molar-refractivity contribution >= 4 is 23.3 Å². The molecule has 0 fully saturated rings. The fraction of sp³-hybridized carbons (Fsp3) is 0.278. The first-order valence-electron chi connectivity index (χ1n) is 7.80. The number of pyridine rings is 1. The topological polar surface area (TPSA) is 71.5 Å². The number of carbonyl (C=O) groups excluding carboxylic acids is 2. The van der Waals surface area contributed by atoms with E-state index in [0.29, 0.717) is 23.8 Å². The van der Waals surface area contributed by atoms with Crippen LogP contribution in [0.15, 0.2) is 42.6 Å². The first-order chi connectivity index (χ1) is 11.5. The van der Waals surface area contributed by atoms with E-state index in [1.165, 1.54) is 11.8 Å². The number of hydrogen-bond donors (Lipinski definition) is 1. The number of nitrogens with zero attached hydrogens (tertiary/aromatic N) is 2. The highest BCUT2D eigenvalue weighted by atomic mass is 16.5. The molecule has 6 nitrogen and oxygen atoms in total. The predicted octanol–water partition coefficient (Wildman–Crippen LogP) is 2.53. The summed E-state index contributed by atoms with van der Waals surface area (Å²) in [7, 11) is 0. The van der Waals surface area contributed by atoms with Crippen LogP contribution in [0, 0.1) is 6.92 Å². The number of amides is 2. The highest BCUT2D eigenvalue weighted by molar-refractivity contribution is 6.19. The fourth-order valence-corrected chi connectivity index (χ4v) is 2.61. The van der Waals surface area contributed by atoms with Crippen LogP contribution in [0.2, 0.25) is 0 Å². The van der Waals surface area contributed by atoms with Crippen LogP contribution in [0.5, 0.6) is 5.75 Å². The van der Waals surface area contributed by atoms with Crippen molar-refractivity contribution in [1.29, 1.82) is 0 Å². The molecule has 1 atom stereocenters. The zero-order chi connectivity index (χ0) is 17.3. The number of rotatable bonds is 3. The van der Waals surface area contributed by atoms with Crippen LogP contribution in [0.25, 0.3) is 0 Å². The third-order valence-corrected chi connectivity index (χ3v) is 4.03. The summed E-state index contributed by atoms with van der Waals surface area (Å²) in [6.45, 7) is 5.68. The minimum Gasteiger partial charge on any atom is -0.464 e. The van der Waals surface area contributed by atoms with E-state index in [1.54, 1.807) is 30.5 Å². The third-order valence-electron chi connectivity index (χ3n) is 4.03. The summed E-state index contributed by atoms with van der Waals surface area (Å²) in [5.74, 6) is -0.0868. The Kier molecular flexibility index (Phi) is 3.97. The molecule has 0 bridgehead atoms. The fourth-order valence-electron chi connectivity index (χ4n) is 2.61. The maximum absolute atomic E-state index is 12.8. The quantitative estimate of drug-likeness (QED) is 0.880. The lowest BCUT2D eigenvalue weighted by atomic mass is 10.0. The Bertz CT molecular complexity index is 788. The zero-order valence-corrected chi connectivity index (χ0v) is 13.9. The normalized spacial score (nSPS) is 19.5. The second kappa shape index (κ2) is 5.96. The monoisotopic (exact) mass is 325 g/mol. The molecule has 24 heavy (non-hydrogen) atoms. The SMILES string of the molecule is CCN1C(=O)[C@@](C)(C(=O)Nc2ccc(C)cc2)Oc2cccnc21. The van der Waals surface area contributed by atoms with E-state index < -0.39 is 17.4 Å². The van der Waals surface area contributed by atoms with Gasteiger partial charge in [0.15, 0.2) is 11.6 Å². The Morgan fingerprint density at radius 3 is 2.67 bits per heavy atom. The maximum atomic E-state index is 12.8. The minimum absolute atomic E-state index is 0.402. The smallest absolute Gasteiger partial charge is 0.282 e. The molecular formula is C18H19N3O3. The van der Waals surface area contributed by atoms with Gasteiger partial charge in [0.05, 0.1) is 0 Å². The van der Waals surface area contributed by atoms with E-state index in [1.807, 2.05) is 26.0 Å². The number of carbonyl (C=O) groups is 2. The lowest BCUT2D eigenvalue weighted by Crippen LogP contribution is -2.60. The highest BCUT2D eigenvalue weighted by Gasteiger charge is 2.50. The van der Waals surface area contributed by atoms with Gasteiger partial charge in [-0.25, -0.2) is 4.98 Å². The van der Waals surface area contributed by atoms with Crippen LogP contribution in [-0.4, -0.2) is 28.9 Å². The molecule has 1 aromatic carbocycles. The van der Waals surface area contributed by atoms with Gasteiger partial charge >= 0.3 is 0 Å². The molecule has 1 aliphatic rings. The summed E-state index contributed by atoms with van der Waals surface area (Å²) in [5.41, 5.74) is 0.0568.